The van der Waals surface area contributed by atoms with Gasteiger partial charge in [0.2, 0.25) is 0 Å². The van der Waals surface area contributed by atoms with E-state index < -0.39 is 6.10 Å². The summed E-state index contributed by atoms with van der Waals surface area (Å²) in [6.45, 7) is 2.43. The number of thioether (sulfide) groups is 1. The van der Waals surface area contributed by atoms with Gasteiger partial charge >= 0.3 is 0 Å². The van der Waals surface area contributed by atoms with Gasteiger partial charge in [-0.15, -0.1) is 0 Å². The quantitative estimate of drug-likeness (QED) is 0.752. The number of para-hydroxylation sites is 1. The number of carbonyl (C=O) groups is 1. The number of carbonyl (C=O) groups excluding carboxylic acids is 1. The van der Waals surface area contributed by atoms with Crippen molar-refractivity contribution in [2.24, 2.45) is 0 Å². The zero-order valence-corrected chi connectivity index (χ0v) is 14.6. The minimum atomic E-state index is -0.542. The van der Waals surface area contributed by atoms with Crippen LogP contribution >= 0.6 is 23.4 Å². The van der Waals surface area contributed by atoms with E-state index in [0.29, 0.717) is 17.3 Å². The number of benzene rings is 1. The maximum atomic E-state index is 12.0. The highest BCUT2D eigenvalue weighted by Crippen LogP contribution is 2.27. The van der Waals surface area contributed by atoms with Gasteiger partial charge in [0.05, 0.1) is 5.02 Å². The highest BCUT2D eigenvalue weighted by atomic mass is 35.5. The second-order valence-corrected chi connectivity index (χ2v) is 7.43. The van der Waals surface area contributed by atoms with Crippen molar-refractivity contribution in [3.8, 4) is 5.75 Å². The van der Waals surface area contributed by atoms with Crippen molar-refractivity contribution < 1.29 is 9.53 Å². The maximum absolute atomic E-state index is 12.0. The van der Waals surface area contributed by atoms with Crippen molar-refractivity contribution >= 4 is 29.3 Å². The molecule has 1 aromatic rings. The van der Waals surface area contributed by atoms with Crippen LogP contribution in [0.4, 0.5) is 0 Å². The van der Waals surface area contributed by atoms with E-state index in [1.807, 2.05) is 23.9 Å². The summed E-state index contributed by atoms with van der Waals surface area (Å²) < 4.78 is 5.60. The van der Waals surface area contributed by atoms with E-state index in [-0.39, 0.29) is 5.91 Å². The molecule has 0 heterocycles. The summed E-state index contributed by atoms with van der Waals surface area (Å²) >= 11 is 8.01. The van der Waals surface area contributed by atoms with Gasteiger partial charge in [-0.25, -0.2) is 0 Å². The molecule has 3 nitrogen and oxygen atoms in total. The van der Waals surface area contributed by atoms with Crippen LogP contribution in [0, 0.1) is 0 Å². The summed E-state index contributed by atoms with van der Waals surface area (Å²) in [4.78, 5) is 12.0. The molecule has 0 saturated heterocycles. The van der Waals surface area contributed by atoms with Crippen LogP contribution in [-0.2, 0) is 4.79 Å². The van der Waals surface area contributed by atoms with Crippen molar-refractivity contribution in [2.75, 3.05) is 12.3 Å². The van der Waals surface area contributed by atoms with E-state index in [1.165, 1.54) is 32.1 Å². The first-order chi connectivity index (χ1) is 10.7. The highest BCUT2D eigenvalue weighted by Gasteiger charge is 2.16. The van der Waals surface area contributed by atoms with Crippen molar-refractivity contribution in [3.05, 3.63) is 29.3 Å². The molecule has 0 radical (unpaired) electrons. The Morgan fingerprint density at radius 3 is 2.82 bits per heavy atom. The van der Waals surface area contributed by atoms with Crippen molar-refractivity contribution in [1.29, 1.82) is 0 Å². The van der Waals surface area contributed by atoms with Gasteiger partial charge in [0.25, 0.3) is 5.91 Å². The minimum absolute atomic E-state index is 0.0934. The lowest BCUT2D eigenvalue weighted by molar-refractivity contribution is -0.127. The first-order valence-corrected chi connectivity index (χ1v) is 9.40. The van der Waals surface area contributed by atoms with Crippen LogP contribution in [0.2, 0.25) is 5.02 Å². The monoisotopic (exact) mass is 341 g/mol. The van der Waals surface area contributed by atoms with Gasteiger partial charge < -0.3 is 10.1 Å². The molecule has 1 amide bonds. The molecule has 5 heteroatoms. The summed E-state index contributed by atoms with van der Waals surface area (Å²) in [5, 5.41) is 4.24. The second kappa shape index (κ2) is 9.31. The van der Waals surface area contributed by atoms with Crippen LogP contribution < -0.4 is 10.1 Å². The molecule has 1 unspecified atom stereocenters. The number of halogens is 1. The number of rotatable bonds is 7. The summed E-state index contributed by atoms with van der Waals surface area (Å²) in [6, 6.07) is 7.20. The number of amides is 1. The van der Waals surface area contributed by atoms with E-state index in [9.17, 15) is 4.79 Å². The predicted molar refractivity (Wildman–Crippen MR) is 93.9 cm³/mol. The van der Waals surface area contributed by atoms with Gasteiger partial charge in [0.15, 0.2) is 6.10 Å². The van der Waals surface area contributed by atoms with Gasteiger partial charge in [-0.3, -0.25) is 4.79 Å². The average molecular weight is 342 g/mol. The Morgan fingerprint density at radius 2 is 2.09 bits per heavy atom. The molecule has 1 aromatic carbocycles. The number of nitrogens with one attached hydrogen (secondary N) is 1. The lowest BCUT2D eigenvalue weighted by atomic mass is 10.0. The topological polar surface area (TPSA) is 38.3 Å². The fourth-order valence-corrected chi connectivity index (χ4v) is 3.96. The molecule has 2 rings (SSSR count). The third-order valence-electron chi connectivity index (χ3n) is 3.82. The lowest BCUT2D eigenvalue weighted by Gasteiger charge is -2.21. The molecule has 1 aliphatic rings. The smallest absolute Gasteiger partial charge is 0.260 e. The van der Waals surface area contributed by atoms with Gasteiger partial charge in [-0.1, -0.05) is 43.0 Å². The first kappa shape index (κ1) is 17.5. The molecule has 1 aliphatic carbocycles. The van der Waals surface area contributed by atoms with Crippen LogP contribution in [0.1, 0.15) is 39.0 Å². The average Bonchev–Trinajstić information content (AvgIpc) is 2.54. The highest BCUT2D eigenvalue weighted by molar-refractivity contribution is 7.99. The largest absolute Gasteiger partial charge is 0.479 e. The predicted octanol–water partition coefficient (Wildman–Crippen LogP) is 4.29. The van der Waals surface area contributed by atoms with E-state index in [2.05, 4.69) is 5.32 Å². The zero-order valence-electron chi connectivity index (χ0n) is 13.0. The minimum Gasteiger partial charge on any atom is -0.479 e. The van der Waals surface area contributed by atoms with E-state index in [0.717, 1.165) is 11.0 Å². The Kier molecular flexibility index (Phi) is 7.40. The molecule has 0 aromatic heterocycles. The lowest BCUT2D eigenvalue weighted by Crippen LogP contribution is -2.37. The molecule has 122 valence electrons. The van der Waals surface area contributed by atoms with Crippen molar-refractivity contribution in [3.63, 3.8) is 0 Å². The summed E-state index contributed by atoms with van der Waals surface area (Å²) in [7, 11) is 0. The van der Waals surface area contributed by atoms with Crippen LogP contribution in [0.25, 0.3) is 0 Å². The third kappa shape index (κ3) is 5.73. The molecule has 0 bridgehead atoms. The Balaban J connectivity index is 1.65. The van der Waals surface area contributed by atoms with Gasteiger partial charge in [0, 0.05) is 17.5 Å². The SMILES string of the molecule is CC(Oc1ccccc1Cl)C(=O)NCCSC1CCCCC1. The molecular weight excluding hydrogens is 318 g/mol. The van der Waals surface area contributed by atoms with Crippen molar-refractivity contribution in [2.45, 2.75) is 50.4 Å². The molecule has 1 saturated carbocycles. The fourth-order valence-electron chi connectivity index (χ4n) is 2.56. The van der Waals surface area contributed by atoms with Crippen molar-refractivity contribution in [1.82, 2.24) is 5.32 Å². The third-order valence-corrected chi connectivity index (χ3v) is 5.51. The summed E-state index contributed by atoms with van der Waals surface area (Å²) in [6.07, 6.45) is 6.19. The maximum Gasteiger partial charge on any atom is 0.260 e. The molecule has 0 spiro atoms. The Hall–Kier alpha value is -0.870. The summed E-state index contributed by atoms with van der Waals surface area (Å²) in [5.41, 5.74) is 0. The van der Waals surface area contributed by atoms with Gasteiger partial charge in [0.1, 0.15) is 5.75 Å². The van der Waals surface area contributed by atoms with Gasteiger partial charge in [-0.2, -0.15) is 11.8 Å². The number of ether oxygens (including phenoxy) is 1. The van der Waals surface area contributed by atoms with Crippen LogP contribution in [0.15, 0.2) is 24.3 Å². The molecule has 1 fully saturated rings. The summed E-state index contributed by atoms with van der Waals surface area (Å²) in [5.74, 6) is 1.42. The fraction of sp³-hybridized carbons (Fsp3) is 0.588. The van der Waals surface area contributed by atoms with E-state index in [4.69, 9.17) is 16.3 Å². The second-order valence-electron chi connectivity index (χ2n) is 5.61. The van der Waals surface area contributed by atoms with Gasteiger partial charge in [-0.05, 0) is 31.9 Å². The number of hydrogen-bond donors (Lipinski definition) is 1. The van der Waals surface area contributed by atoms with Crippen LogP contribution in [0.5, 0.6) is 5.75 Å². The van der Waals surface area contributed by atoms with E-state index in [1.54, 1.807) is 19.1 Å². The first-order valence-electron chi connectivity index (χ1n) is 7.97. The zero-order chi connectivity index (χ0) is 15.8. The Morgan fingerprint density at radius 1 is 1.36 bits per heavy atom. The molecule has 0 aliphatic heterocycles. The standard InChI is InChI=1S/C17H24ClNO2S/c1-13(21-16-10-6-5-9-15(16)18)17(20)19-11-12-22-14-7-3-2-4-8-14/h5-6,9-10,13-14H,2-4,7-8,11-12H2,1H3,(H,19,20). The van der Waals surface area contributed by atoms with Crippen LogP contribution in [-0.4, -0.2) is 29.6 Å². The Labute approximate surface area is 142 Å². The molecular formula is C17H24ClNO2S. The Bertz CT molecular complexity index is 477. The molecule has 1 atom stereocenters. The van der Waals surface area contributed by atoms with Crippen LogP contribution in [0.3, 0.4) is 0 Å². The molecule has 22 heavy (non-hydrogen) atoms. The normalized spacial score (nSPS) is 17.0. The van der Waals surface area contributed by atoms with E-state index >= 15 is 0 Å². The molecule has 1 N–H and O–H groups in total. The number of hydrogen-bond acceptors (Lipinski definition) is 3.